The average Bonchev–Trinajstić information content (AvgIpc) is 2.34. The van der Waals surface area contributed by atoms with Crippen LogP contribution in [-0.2, 0) is 12.0 Å². The van der Waals surface area contributed by atoms with E-state index in [0.717, 1.165) is 26.2 Å². The molecule has 1 heterocycles. The Balaban J connectivity index is 2.24. The number of rotatable bonds is 2. The molecule has 2 rings (SSSR count). The van der Waals surface area contributed by atoms with Gasteiger partial charge in [-0.1, -0.05) is 32.9 Å². The standard InChI is InChI=1S/C18H30N2/c1-13-9-16(18(4,5)6)10-14(2)17(13)12-20-8-7-19-11-15(20)3/h9-10,15,19H,7-8,11-12H2,1-6H3/t15-/m0/s1. The molecule has 0 spiro atoms. The highest BCUT2D eigenvalue weighted by Gasteiger charge is 2.21. The van der Waals surface area contributed by atoms with Crippen LogP contribution >= 0.6 is 0 Å². The Labute approximate surface area is 124 Å². The molecule has 1 N–H and O–H groups in total. The fraction of sp³-hybridized carbons (Fsp3) is 0.667. The molecule has 1 fully saturated rings. The van der Waals surface area contributed by atoms with Crippen molar-refractivity contribution >= 4 is 0 Å². The van der Waals surface area contributed by atoms with E-state index in [1.54, 1.807) is 0 Å². The summed E-state index contributed by atoms with van der Waals surface area (Å²) in [6.45, 7) is 18.2. The lowest BCUT2D eigenvalue weighted by atomic mass is 9.83. The van der Waals surface area contributed by atoms with Crippen LogP contribution in [0.4, 0.5) is 0 Å². The van der Waals surface area contributed by atoms with E-state index in [4.69, 9.17) is 0 Å². The number of nitrogens with zero attached hydrogens (tertiary/aromatic N) is 1. The highest BCUT2D eigenvalue weighted by atomic mass is 15.2. The van der Waals surface area contributed by atoms with Crippen LogP contribution in [-0.4, -0.2) is 30.6 Å². The molecule has 0 unspecified atom stereocenters. The third kappa shape index (κ3) is 3.42. The van der Waals surface area contributed by atoms with Gasteiger partial charge in [0, 0.05) is 32.2 Å². The van der Waals surface area contributed by atoms with Gasteiger partial charge in [-0.3, -0.25) is 4.90 Å². The van der Waals surface area contributed by atoms with Crippen LogP contribution in [0, 0.1) is 13.8 Å². The van der Waals surface area contributed by atoms with Crippen LogP contribution in [0.3, 0.4) is 0 Å². The van der Waals surface area contributed by atoms with Gasteiger partial charge in [0.25, 0.3) is 0 Å². The van der Waals surface area contributed by atoms with Gasteiger partial charge in [0.05, 0.1) is 0 Å². The smallest absolute Gasteiger partial charge is 0.0242 e. The molecule has 0 aliphatic carbocycles. The number of piperazine rings is 1. The van der Waals surface area contributed by atoms with Gasteiger partial charge >= 0.3 is 0 Å². The summed E-state index contributed by atoms with van der Waals surface area (Å²) in [6, 6.07) is 5.40. The number of hydrogen-bond acceptors (Lipinski definition) is 2. The lowest BCUT2D eigenvalue weighted by Crippen LogP contribution is -2.49. The molecule has 2 heteroatoms. The van der Waals surface area contributed by atoms with Crippen LogP contribution in [0.15, 0.2) is 12.1 Å². The molecule has 1 aliphatic rings. The SMILES string of the molecule is Cc1cc(C(C)(C)C)cc(C)c1CN1CCNC[C@@H]1C. The third-order valence-corrected chi connectivity index (χ3v) is 4.56. The first-order valence-electron chi connectivity index (χ1n) is 7.84. The topological polar surface area (TPSA) is 15.3 Å². The second-order valence-electron chi connectivity index (χ2n) is 7.36. The highest BCUT2D eigenvalue weighted by Crippen LogP contribution is 2.27. The maximum absolute atomic E-state index is 3.47. The lowest BCUT2D eigenvalue weighted by Gasteiger charge is -2.35. The summed E-state index contributed by atoms with van der Waals surface area (Å²) < 4.78 is 0. The zero-order valence-corrected chi connectivity index (χ0v) is 14.0. The van der Waals surface area contributed by atoms with E-state index < -0.39 is 0 Å². The molecule has 0 amide bonds. The molecule has 1 aromatic carbocycles. The molecule has 1 atom stereocenters. The van der Waals surface area contributed by atoms with Crippen molar-refractivity contribution in [3.63, 3.8) is 0 Å². The summed E-state index contributed by atoms with van der Waals surface area (Å²) >= 11 is 0. The molecule has 1 aliphatic heterocycles. The maximum atomic E-state index is 3.47. The quantitative estimate of drug-likeness (QED) is 0.889. The second kappa shape index (κ2) is 5.87. The fourth-order valence-corrected chi connectivity index (χ4v) is 3.00. The van der Waals surface area contributed by atoms with Crippen molar-refractivity contribution in [1.82, 2.24) is 10.2 Å². The minimum atomic E-state index is 0.233. The Morgan fingerprint density at radius 1 is 1.20 bits per heavy atom. The van der Waals surface area contributed by atoms with Gasteiger partial charge in [-0.15, -0.1) is 0 Å². The zero-order chi connectivity index (χ0) is 14.9. The van der Waals surface area contributed by atoms with Crippen LogP contribution in [0.5, 0.6) is 0 Å². The van der Waals surface area contributed by atoms with Crippen LogP contribution in [0.2, 0.25) is 0 Å². The molecular weight excluding hydrogens is 244 g/mol. The van der Waals surface area contributed by atoms with Crippen molar-refractivity contribution in [3.05, 3.63) is 34.4 Å². The predicted octanol–water partition coefficient (Wildman–Crippen LogP) is 3.39. The summed E-state index contributed by atoms with van der Waals surface area (Å²) in [7, 11) is 0. The zero-order valence-electron chi connectivity index (χ0n) is 14.0. The summed E-state index contributed by atoms with van der Waals surface area (Å²) in [5, 5.41) is 3.47. The first kappa shape index (κ1) is 15.5. The molecule has 112 valence electrons. The van der Waals surface area contributed by atoms with Gasteiger partial charge in [0.15, 0.2) is 0 Å². The van der Waals surface area contributed by atoms with E-state index in [9.17, 15) is 0 Å². The van der Waals surface area contributed by atoms with Gasteiger partial charge in [0.2, 0.25) is 0 Å². The van der Waals surface area contributed by atoms with E-state index >= 15 is 0 Å². The summed E-state index contributed by atoms with van der Waals surface area (Å²) in [4.78, 5) is 2.60. The van der Waals surface area contributed by atoms with E-state index in [0.29, 0.717) is 6.04 Å². The minimum Gasteiger partial charge on any atom is -0.314 e. The summed E-state index contributed by atoms with van der Waals surface area (Å²) in [6.07, 6.45) is 0. The van der Waals surface area contributed by atoms with Crippen molar-refractivity contribution in [2.45, 2.75) is 59.5 Å². The fourth-order valence-electron chi connectivity index (χ4n) is 3.00. The van der Waals surface area contributed by atoms with Crippen molar-refractivity contribution in [3.8, 4) is 0 Å². The predicted molar refractivity (Wildman–Crippen MR) is 87.4 cm³/mol. The van der Waals surface area contributed by atoms with Crippen molar-refractivity contribution in [2.75, 3.05) is 19.6 Å². The minimum absolute atomic E-state index is 0.233. The lowest BCUT2D eigenvalue weighted by molar-refractivity contribution is 0.165. The largest absolute Gasteiger partial charge is 0.314 e. The van der Waals surface area contributed by atoms with E-state index in [1.807, 2.05) is 0 Å². The molecule has 0 bridgehead atoms. The van der Waals surface area contributed by atoms with Crippen LogP contribution < -0.4 is 5.32 Å². The second-order valence-corrected chi connectivity index (χ2v) is 7.36. The Morgan fingerprint density at radius 3 is 2.30 bits per heavy atom. The Morgan fingerprint density at radius 2 is 1.80 bits per heavy atom. The van der Waals surface area contributed by atoms with Crippen molar-refractivity contribution < 1.29 is 0 Å². The maximum Gasteiger partial charge on any atom is 0.0242 e. The summed E-state index contributed by atoms with van der Waals surface area (Å²) in [5.74, 6) is 0. The Bertz CT molecular complexity index is 448. The number of benzene rings is 1. The first-order chi connectivity index (χ1) is 9.29. The molecule has 0 aromatic heterocycles. The molecule has 1 aromatic rings. The average molecular weight is 274 g/mol. The van der Waals surface area contributed by atoms with Crippen molar-refractivity contribution in [2.24, 2.45) is 0 Å². The van der Waals surface area contributed by atoms with Crippen LogP contribution in [0.1, 0.15) is 49.9 Å². The first-order valence-corrected chi connectivity index (χ1v) is 7.84. The monoisotopic (exact) mass is 274 g/mol. The van der Waals surface area contributed by atoms with E-state index in [1.165, 1.54) is 22.3 Å². The normalized spacial score (nSPS) is 21.2. The molecule has 1 saturated heterocycles. The van der Waals surface area contributed by atoms with Crippen LogP contribution in [0.25, 0.3) is 0 Å². The van der Waals surface area contributed by atoms with Gasteiger partial charge in [0.1, 0.15) is 0 Å². The Kier molecular flexibility index (Phi) is 4.55. The number of nitrogens with one attached hydrogen (secondary N) is 1. The Hall–Kier alpha value is -0.860. The number of hydrogen-bond donors (Lipinski definition) is 1. The molecule has 0 saturated carbocycles. The van der Waals surface area contributed by atoms with Gasteiger partial charge in [-0.05, 0) is 48.4 Å². The van der Waals surface area contributed by atoms with E-state index in [2.05, 4.69) is 63.9 Å². The highest BCUT2D eigenvalue weighted by molar-refractivity contribution is 5.40. The summed E-state index contributed by atoms with van der Waals surface area (Å²) in [5.41, 5.74) is 6.09. The molecule has 0 radical (unpaired) electrons. The molecule has 2 nitrogen and oxygen atoms in total. The molecular formula is C18H30N2. The number of aryl methyl sites for hydroxylation is 2. The molecule has 20 heavy (non-hydrogen) atoms. The van der Waals surface area contributed by atoms with Gasteiger partial charge in [-0.25, -0.2) is 0 Å². The third-order valence-electron chi connectivity index (χ3n) is 4.56. The van der Waals surface area contributed by atoms with Gasteiger partial charge < -0.3 is 5.32 Å². The van der Waals surface area contributed by atoms with E-state index in [-0.39, 0.29) is 5.41 Å². The van der Waals surface area contributed by atoms with Crippen molar-refractivity contribution in [1.29, 1.82) is 0 Å². The van der Waals surface area contributed by atoms with Gasteiger partial charge in [-0.2, -0.15) is 0 Å².